The van der Waals surface area contributed by atoms with Crippen LogP contribution < -0.4 is 21.6 Å². The Morgan fingerprint density at radius 3 is 1.59 bits per heavy atom. The Morgan fingerprint density at radius 1 is 0.692 bits per heavy atom. The van der Waals surface area contributed by atoms with Crippen LogP contribution in [0.2, 0.25) is 0 Å². The summed E-state index contributed by atoms with van der Waals surface area (Å²) in [4.78, 5) is 26.6. The first-order valence-electron chi connectivity index (χ1n) is 13.4. The molecule has 5 aromatic rings. The molecule has 0 saturated carbocycles. The minimum atomic E-state index is -2.42. The number of carbonyl (C=O) groups excluding carboxylic acids is 1. The molecule has 0 radical (unpaired) electrons. The van der Waals surface area contributed by atoms with E-state index >= 15 is 0 Å². The zero-order valence-electron chi connectivity index (χ0n) is 22.7. The van der Waals surface area contributed by atoms with E-state index in [0.29, 0.717) is 12.1 Å². The van der Waals surface area contributed by atoms with Crippen molar-refractivity contribution >= 4 is 40.3 Å². The molecule has 0 aliphatic rings. The van der Waals surface area contributed by atoms with E-state index < -0.39 is 19.0 Å². The molecule has 0 N–H and O–H groups in total. The van der Waals surface area contributed by atoms with Crippen LogP contribution in [0.15, 0.2) is 120 Å². The Kier molecular flexibility index (Phi) is 7.54. The molecule has 39 heavy (non-hydrogen) atoms. The molecule has 0 fully saturated rings. The molecule has 0 aliphatic carbocycles. The Morgan fingerprint density at radius 2 is 1.13 bits per heavy atom. The number of benzene rings is 4. The Labute approximate surface area is 230 Å². The molecule has 200 valence electrons. The van der Waals surface area contributed by atoms with Crippen molar-refractivity contribution in [1.29, 1.82) is 0 Å². The molecule has 0 atom stereocenters. The number of aromatic nitrogens is 2. The van der Waals surface area contributed by atoms with Gasteiger partial charge in [-0.1, -0.05) is 0 Å². The maximum atomic E-state index is 13.6. The number of para-hydroxylation sites is 2. The average Bonchev–Trinajstić information content (AvgIpc) is 3.23. The van der Waals surface area contributed by atoms with Crippen LogP contribution in [0.25, 0.3) is 11.0 Å². The van der Waals surface area contributed by atoms with Crippen LogP contribution in [-0.4, -0.2) is 27.0 Å². The van der Waals surface area contributed by atoms with Crippen LogP contribution in [0.1, 0.15) is 27.2 Å². The van der Waals surface area contributed by atoms with Gasteiger partial charge in [-0.3, -0.25) is 0 Å². The molecule has 5 nitrogen and oxygen atoms in total. The molecule has 0 bridgehead atoms. The molecule has 0 spiro atoms. The zero-order chi connectivity index (χ0) is 27.5. The summed E-state index contributed by atoms with van der Waals surface area (Å²) in [5.41, 5.74) is 0.234. The first-order valence-corrected chi connectivity index (χ1v) is 15.6. The first kappa shape index (κ1) is 26.6. The molecule has 0 amide bonds. The summed E-state index contributed by atoms with van der Waals surface area (Å²) in [7, 11) is -2.42. The van der Waals surface area contributed by atoms with E-state index in [9.17, 15) is 9.59 Å². The van der Waals surface area contributed by atoms with Crippen LogP contribution in [0.5, 0.6) is 0 Å². The van der Waals surface area contributed by atoms with E-state index in [4.69, 9.17) is 4.74 Å². The SMILES string of the molecule is CC(C)(C)OC(=O)n1c(=O)n(CCC[PH](c2ccccc2)(c2ccccc2)c2ccccc2)c2ccccc21. The summed E-state index contributed by atoms with van der Waals surface area (Å²) < 4.78 is 8.46. The molecule has 1 heterocycles. The van der Waals surface area contributed by atoms with Crippen LogP contribution in [0.4, 0.5) is 4.79 Å². The van der Waals surface area contributed by atoms with Crippen molar-refractivity contribution in [3.8, 4) is 0 Å². The van der Waals surface area contributed by atoms with E-state index in [1.165, 1.54) is 15.9 Å². The van der Waals surface area contributed by atoms with Gasteiger partial charge in [0.1, 0.15) is 0 Å². The number of nitrogens with zero attached hydrogens (tertiary/aromatic N) is 2. The number of rotatable bonds is 7. The number of fused-ring (bicyclic) bond motifs is 1. The monoisotopic (exact) mass is 538 g/mol. The number of aryl methyl sites for hydroxylation is 1. The molecule has 5 rings (SSSR count). The van der Waals surface area contributed by atoms with Crippen molar-refractivity contribution in [1.82, 2.24) is 9.13 Å². The van der Waals surface area contributed by atoms with Crippen molar-refractivity contribution in [3.05, 3.63) is 126 Å². The minimum absolute atomic E-state index is 0.364. The Balaban J connectivity index is 1.56. The number of ether oxygens (including phenoxy) is 1. The van der Waals surface area contributed by atoms with Gasteiger partial charge in [0.15, 0.2) is 0 Å². The van der Waals surface area contributed by atoms with E-state index in [1.807, 2.05) is 18.2 Å². The predicted molar refractivity (Wildman–Crippen MR) is 164 cm³/mol. The fourth-order valence-corrected chi connectivity index (χ4v) is 10.4. The third-order valence-electron chi connectivity index (χ3n) is 7.14. The number of carbonyl (C=O) groups is 1. The van der Waals surface area contributed by atoms with Gasteiger partial charge in [-0.25, -0.2) is 0 Å². The van der Waals surface area contributed by atoms with Crippen LogP contribution in [-0.2, 0) is 11.3 Å². The quantitative estimate of drug-likeness (QED) is 0.250. The second-order valence-electron chi connectivity index (χ2n) is 10.8. The van der Waals surface area contributed by atoms with Crippen molar-refractivity contribution in [2.24, 2.45) is 0 Å². The fraction of sp³-hybridized carbons (Fsp3) is 0.212. The second kappa shape index (κ2) is 11.0. The number of imidazole rings is 1. The number of hydrogen-bond acceptors (Lipinski definition) is 3. The molecule has 6 heteroatoms. The van der Waals surface area contributed by atoms with E-state index in [1.54, 1.807) is 31.4 Å². The predicted octanol–water partition coefficient (Wildman–Crippen LogP) is 5.70. The Bertz CT molecular complexity index is 1520. The van der Waals surface area contributed by atoms with Crippen molar-refractivity contribution in [2.75, 3.05) is 6.16 Å². The van der Waals surface area contributed by atoms with Gasteiger partial charge in [0, 0.05) is 0 Å². The maximum absolute atomic E-state index is 13.6. The summed E-state index contributed by atoms with van der Waals surface area (Å²) >= 11 is 0. The van der Waals surface area contributed by atoms with E-state index in [0.717, 1.165) is 22.7 Å². The molecule has 0 unspecified atom stereocenters. The topological polar surface area (TPSA) is 53.2 Å². The van der Waals surface area contributed by atoms with Gasteiger partial charge in [0.25, 0.3) is 0 Å². The molecule has 0 saturated heterocycles. The summed E-state index contributed by atoms with van der Waals surface area (Å²) in [6.07, 6.45) is 1.03. The van der Waals surface area contributed by atoms with E-state index in [-0.39, 0.29) is 5.69 Å². The van der Waals surface area contributed by atoms with E-state index in [2.05, 4.69) is 91.0 Å². The van der Waals surface area contributed by atoms with Crippen LogP contribution in [0.3, 0.4) is 0 Å². The summed E-state index contributed by atoms with van der Waals surface area (Å²) in [6.45, 7) is 5.90. The summed E-state index contributed by atoms with van der Waals surface area (Å²) in [6, 6.07) is 39.7. The third kappa shape index (κ3) is 5.32. The van der Waals surface area contributed by atoms with Gasteiger partial charge < -0.3 is 0 Å². The molecule has 0 aliphatic heterocycles. The second-order valence-corrected chi connectivity index (χ2v) is 14.9. The van der Waals surface area contributed by atoms with Gasteiger partial charge in [-0.2, -0.15) is 0 Å². The van der Waals surface area contributed by atoms with Crippen molar-refractivity contribution in [3.63, 3.8) is 0 Å². The molecular formula is C33H35N2O3P. The summed E-state index contributed by atoms with van der Waals surface area (Å²) in [5, 5.41) is 4.02. The van der Waals surface area contributed by atoms with Crippen LogP contribution >= 0.6 is 7.26 Å². The normalized spacial score (nSPS) is 12.4. The van der Waals surface area contributed by atoms with Crippen LogP contribution in [0, 0.1) is 0 Å². The fourth-order valence-electron chi connectivity index (χ4n) is 5.51. The average molecular weight is 539 g/mol. The van der Waals surface area contributed by atoms with Gasteiger partial charge in [-0.15, -0.1) is 0 Å². The molecular weight excluding hydrogens is 503 g/mol. The van der Waals surface area contributed by atoms with Crippen molar-refractivity contribution in [2.45, 2.75) is 39.3 Å². The first-order chi connectivity index (χ1) is 18.8. The zero-order valence-corrected chi connectivity index (χ0v) is 23.7. The molecule has 4 aromatic carbocycles. The van der Waals surface area contributed by atoms with Gasteiger partial charge >= 0.3 is 230 Å². The van der Waals surface area contributed by atoms with Gasteiger partial charge in [0.05, 0.1) is 0 Å². The molecule has 1 aromatic heterocycles. The van der Waals surface area contributed by atoms with Gasteiger partial charge in [-0.05, 0) is 0 Å². The third-order valence-corrected chi connectivity index (χ3v) is 12.2. The summed E-state index contributed by atoms with van der Waals surface area (Å²) in [5.74, 6) is 0. The Hall–Kier alpha value is -3.95. The number of hydrogen-bond donors (Lipinski definition) is 0. The van der Waals surface area contributed by atoms with Crippen molar-refractivity contribution < 1.29 is 9.53 Å². The standard InChI is InChI=1S/C33H35N2O3P/c1-33(2,3)38-32(37)35-30-23-14-13-22-29(30)34(31(35)36)24-15-25-39(26-16-7-4-8-17-26,27-18-9-5-10-19-27)28-20-11-6-12-21-28/h4-14,16-23,39H,15,24-25H2,1-3H3. The van der Waals surface area contributed by atoms with Gasteiger partial charge in [0.2, 0.25) is 0 Å².